The second kappa shape index (κ2) is 7.22. The Morgan fingerprint density at radius 2 is 1.90 bits per heavy atom. The lowest BCUT2D eigenvalue weighted by atomic mass is 10.2. The quantitative estimate of drug-likeness (QED) is 0.487. The van der Waals surface area contributed by atoms with E-state index in [1.807, 2.05) is 12.1 Å². The highest BCUT2D eigenvalue weighted by Crippen LogP contribution is 2.33. The third-order valence-corrected chi connectivity index (χ3v) is 4.14. The van der Waals surface area contributed by atoms with Crippen LogP contribution in [0.4, 0.5) is 8.78 Å². The summed E-state index contributed by atoms with van der Waals surface area (Å²) in [7, 11) is 1.51. The number of benzene rings is 2. The van der Waals surface area contributed by atoms with Gasteiger partial charge in [-0.3, -0.25) is 0 Å². The summed E-state index contributed by atoms with van der Waals surface area (Å²) in [6, 6.07) is 7.92. The van der Waals surface area contributed by atoms with E-state index in [9.17, 15) is 8.78 Å². The van der Waals surface area contributed by atoms with Crippen molar-refractivity contribution in [1.82, 2.24) is 0 Å². The van der Waals surface area contributed by atoms with Crippen molar-refractivity contribution in [3.8, 4) is 11.5 Å². The molecule has 0 bridgehead atoms. The van der Waals surface area contributed by atoms with Gasteiger partial charge in [0.05, 0.1) is 17.1 Å². The Hall–Kier alpha value is -1.14. The van der Waals surface area contributed by atoms with E-state index in [4.69, 9.17) is 9.47 Å². The van der Waals surface area contributed by atoms with Crippen LogP contribution >= 0.6 is 31.9 Å². The number of halogens is 4. The highest BCUT2D eigenvalue weighted by Gasteiger charge is 2.15. The Balaban J connectivity index is 2.31. The predicted molar refractivity (Wildman–Crippen MR) is 84.0 cm³/mol. The lowest BCUT2D eigenvalue weighted by molar-refractivity contribution is 0.272. The number of ether oxygens (including phenoxy) is 2. The molecular formula is C15H12Br2F2O2. The largest absolute Gasteiger partial charge is 0.493 e. The molecule has 0 aliphatic heterocycles. The molecule has 0 amide bonds. The van der Waals surface area contributed by atoms with Crippen molar-refractivity contribution in [2.24, 2.45) is 0 Å². The van der Waals surface area contributed by atoms with E-state index in [2.05, 4.69) is 31.9 Å². The van der Waals surface area contributed by atoms with Crippen LogP contribution in [0.1, 0.15) is 11.1 Å². The van der Waals surface area contributed by atoms with Gasteiger partial charge in [-0.2, -0.15) is 0 Å². The van der Waals surface area contributed by atoms with Crippen LogP contribution in [0.5, 0.6) is 11.5 Å². The SMILES string of the molecule is COc1cccc(CBr)c1OCc1c(F)ccc(Br)c1F. The molecule has 0 saturated heterocycles. The Labute approximate surface area is 138 Å². The van der Waals surface area contributed by atoms with Crippen molar-refractivity contribution in [3.63, 3.8) is 0 Å². The van der Waals surface area contributed by atoms with Crippen LogP contribution in [-0.2, 0) is 11.9 Å². The molecule has 2 aromatic rings. The number of rotatable bonds is 5. The molecule has 0 unspecified atom stereocenters. The fraction of sp³-hybridized carbons (Fsp3) is 0.200. The van der Waals surface area contributed by atoms with Gasteiger partial charge in [-0.1, -0.05) is 28.1 Å². The van der Waals surface area contributed by atoms with Crippen LogP contribution in [0.2, 0.25) is 0 Å². The summed E-state index contributed by atoms with van der Waals surface area (Å²) < 4.78 is 38.7. The first kappa shape index (κ1) is 16.2. The maximum absolute atomic E-state index is 13.9. The van der Waals surface area contributed by atoms with Gasteiger partial charge in [0.15, 0.2) is 11.5 Å². The first-order chi connectivity index (χ1) is 10.1. The van der Waals surface area contributed by atoms with Crippen LogP contribution in [0.3, 0.4) is 0 Å². The van der Waals surface area contributed by atoms with Crippen LogP contribution in [-0.4, -0.2) is 7.11 Å². The van der Waals surface area contributed by atoms with E-state index in [0.29, 0.717) is 16.8 Å². The topological polar surface area (TPSA) is 18.5 Å². The van der Waals surface area contributed by atoms with Gasteiger partial charge in [0, 0.05) is 10.9 Å². The normalized spacial score (nSPS) is 10.5. The number of hydrogen-bond donors (Lipinski definition) is 0. The van der Waals surface area contributed by atoms with Gasteiger partial charge in [-0.05, 0) is 34.1 Å². The fourth-order valence-electron chi connectivity index (χ4n) is 1.84. The lowest BCUT2D eigenvalue weighted by Gasteiger charge is -2.15. The predicted octanol–water partition coefficient (Wildman–Crippen LogP) is 5.21. The molecule has 0 atom stereocenters. The standard InChI is InChI=1S/C15H12Br2F2O2/c1-20-13-4-2-3-9(7-16)15(13)21-8-10-12(18)6-5-11(17)14(10)19/h2-6H,7-8H2,1H3. The molecule has 21 heavy (non-hydrogen) atoms. The molecular weight excluding hydrogens is 410 g/mol. The van der Waals surface area contributed by atoms with E-state index in [0.717, 1.165) is 5.56 Å². The number of methoxy groups -OCH3 is 1. The molecule has 0 saturated carbocycles. The zero-order valence-corrected chi connectivity index (χ0v) is 14.3. The van der Waals surface area contributed by atoms with Gasteiger partial charge in [0.1, 0.15) is 18.2 Å². The molecule has 2 rings (SSSR count). The van der Waals surface area contributed by atoms with Crippen LogP contribution in [0.15, 0.2) is 34.8 Å². The van der Waals surface area contributed by atoms with Gasteiger partial charge in [-0.15, -0.1) is 0 Å². The summed E-state index contributed by atoms with van der Waals surface area (Å²) in [5, 5.41) is 0.545. The molecule has 2 nitrogen and oxygen atoms in total. The molecule has 0 radical (unpaired) electrons. The Bertz CT molecular complexity index is 626. The van der Waals surface area contributed by atoms with E-state index < -0.39 is 11.6 Å². The third-order valence-electron chi connectivity index (χ3n) is 2.92. The zero-order valence-electron chi connectivity index (χ0n) is 11.1. The second-order valence-corrected chi connectivity index (χ2v) is 5.61. The summed E-state index contributed by atoms with van der Waals surface area (Å²) >= 11 is 6.38. The highest BCUT2D eigenvalue weighted by atomic mass is 79.9. The zero-order chi connectivity index (χ0) is 15.4. The van der Waals surface area contributed by atoms with Crippen molar-refractivity contribution in [3.05, 3.63) is 57.6 Å². The van der Waals surface area contributed by atoms with Crippen molar-refractivity contribution < 1.29 is 18.3 Å². The molecule has 0 N–H and O–H groups in total. The minimum Gasteiger partial charge on any atom is -0.493 e. The van der Waals surface area contributed by atoms with Gasteiger partial charge >= 0.3 is 0 Å². The van der Waals surface area contributed by atoms with E-state index in [-0.39, 0.29) is 16.6 Å². The molecule has 0 aliphatic rings. The van der Waals surface area contributed by atoms with E-state index in [1.54, 1.807) is 6.07 Å². The maximum atomic E-state index is 13.9. The van der Waals surface area contributed by atoms with Crippen molar-refractivity contribution >= 4 is 31.9 Å². The average molecular weight is 422 g/mol. The summed E-state index contributed by atoms with van der Waals surface area (Å²) in [6.07, 6.45) is 0. The summed E-state index contributed by atoms with van der Waals surface area (Å²) in [4.78, 5) is 0. The third kappa shape index (κ3) is 3.55. The first-order valence-electron chi connectivity index (χ1n) is 6.05. The van der Waals surface area contributed by atoms with Crippen molar-refractivity contribution in [1.29, 1.82) is 0 Å². The smallest absolute Gasteiger partial charge is 0.165 e. The van der Waals surface area contributed by atoms with Gasteiger partial charge < -0.3 is 9.47 Å². The Morgan fingerprint density at radius 1 is 1.14 bits per heavy atom. The van der Waals surface area contributed by atoms with Crippen molar-refractivity contribution in [2.45, 2.75) is 11.9 Å². The second-order valence-electron chi connectivity index (χ2n) is 4.19. The monoisotopic (exact) mass is 420 g/mol. The number of para-hydroxylation sites is 1. The minimum absolute atomic E-state index is 0.129. The molecule has 0 aromatic heterocycles. The van der Waals surface area contributed by atoms with Gasteiger partial charge in [0.25, 0.3) is 0 Å². The van der Waals surface area contributed by atoms with Crippen LogP contribution in [0, 0.1) is 11.6 Å². The van der Waals surface area contributed by atoms with E-state index >= 15 is 0 Å². The highest BCUT2D eigenvalue weighted by molar-refractivity contribution is 9.10. The molecule has 6 heteroatoms. The molecule has 112 valence electrons. The summed E-state index contributed by atoms with van der Waals surface area (Å²) in [5.74, 6) is -0.324. The van der Waals surface area contributed by atoms with Crippen molar-refractivity contribution in [2.75, 3.05) is 7.11 Å². The molecule has 0 fully saturated rings. The minimum atomic E-state index is -0.662. The van der Waals surface area contributed by atoms with E-state index in [1.165, 1.54) is 19.2 Å². The Morgan fingerprint density at radius 3 is 2.57 bits per heavy atom. The molecule has 0 heterocycles. The molecule has 0 spiro atoms. The molecule has 2 aromatic carbocycles. The van der Waals surface area contributed by atoms with Gasteiger partial charge in [0.2, 0.25) is 0 Å². The fourth-order valence-corrected chi connectivity index (χ4v) is 2.65. The van der Waals surface area contributed by atoms with Gasteiger partial charge in [-0.25, -0.2) is 8.78 Å². The number of alkyl halides is 1. The average Bonchev–Trinajstić information content (AvgIpc) is 2.50. The van der Waals surface area contributed by atoms with Crippen LogP contribution in [0.25, 0.3) is 0 Å². The summed E-state index contributed by atoms with van der Waals surface area (Å²) in [5.41, 5.74) is 0.709. The summed E-state index contributed by atoms with van der Waals surface area (Å²) in [6.45, 7) is -0.225. The maximum Gasteiger partial charge on any atom is 0.165 e. The van der Waals surface area contributed by atoms with Crippen LogP contribution < -0.4 is 9.47 Å². The first-order valence-corrected chi connectivity index (χ1v) is 7.97. The lowest BCUT2D eigenvalue weighted by Crippen LogP contribution is -2.05. The molecule has 0 aliphatic carbocycles. The number of hydrogen-bond acceptors (Lipinski definition) is 2. The Kier molecular flexibility index (Phi) is 5.58.